The van der Waals surface area contributed by atoms with Gasteiger partial charge in [0.25, 0.3) is 0 Å². The monoisotopic (exact) mass is 281 g/mol. The summed E-state index contributed by atoms with van der Waals surface area (Å²) in [6.45, 7) is 2.84. The van der Waals surface area contributed by atoms with Crippen LogP contribution in [0.1, 0.15) is 36.3 Å². The molecule has 0 amide bonds. The van der Waals surface area contributed by atoms with Gasteiger partial charge in [-0.15, -0.1) is 11.3 Å². The van der Waals surface area contributed by atoms with Crippen molar-refractivity contribution in [3.63, 3.8) is 0 Å². The number of amidine groups is 1. The normalized spacial score (nSPS) is 29.9. The van der Waals surface area contributed by atoms with E-state index in [-0.39, 0.29) is 0 Å². The second kappa shape index (κ2) is 5.61. The number of fused-ring (bicyclic) bond motifs is 1. The van der Waals surface area contributed by atoms with Crippen LogP contribution in [0, 0.1) is 12.8 Å². The van der Waals surface area contributed by atoms with E-state index in [1.807, 2.05) is 17.3 Å². The van der Waals surface area contributed by atoms with Crippen molar-refractivity contribution in [1.82, 2.24) is 10.3 Å². The van der Waals surface area contributed by atoms with Crippen molar-refractivity contribution in [2.24, 2.45) is 10.9 Å². The molecule has 1 saturated carbocycles. The van der Waals surface area contributed by atoms with Crippen LogP contribution in [0.15, 0.2) is 10.5 Å². The molecule has 2 fully saturated rings. The van der Waals surface area contributed by atoms with Gasteiger partial charge in [-0.1, -0.05) is 24.6 Å². The third-order valence-electron chi connectivity index (χ3n) is 3.86. The number of rotatable bonds is 2. The molecule has 1 N–H and O–H groups in total. The van der Waals surface area contributed by atoms with Crippen LogP contribution >= 0.6 is 23.1 Å². The van der Waals surface area contributed by atoms with Gasteiger partial charge in [0.05, 0.1) is 17.7 Å². The van der Waals surface area contributed by atoms with Gasteiger partial charge in [-0.25, -0.2) is 4.98 Å². The van der Waals surface area contributed by atoms with Gasteiger partial charge in [-0.3, -0.25) is 4.99 Å². The molecule has 18 heavy (non-hydrogen) atoms. The summed E-state index contributed by atoms with van der Waals surface area (Å²) in [5.41, 5.74) is 3.03. The summed E-state index contributed by atoms with van der Waals surface area (Å²) < 4.78 is 0. The summed E-state index contributed by atoms with van der Waals surface area (Å²) in [5.74, 6) is 2.12. The minimum absolute atomic E-state index is 0.682. The fraction of sp³-hybridized carbons (Fsp3) is 0.692. The molecule has 2 aliphatic rings. The summed E-state index contributed by atoms with van der Waals surface area (Å²) in [4.78, 5) is 10.3. The number of thiazole rings is 1. The molecular weight excluding hydrogens is 262 g/mol. The molecule has 2 unspecified atom stereocenters. The second-order valence-electron chi connectivity index (χ2n) is 5.09. The number of nitrogens with one attached hydrogen (secondary N) is 1. The molecule has 1 aromatic rings. The number of nitrogens with zero attached hydrogens (tertiary/aromatic N) is 2. The van der Waals surface area contributed by atoms with Crippen LogP contribution in [0.5, 0.6) is 0 Å². The van der Waals surface area contributed by atoms with Gasteiger partial charge in [0.2, 0.25) is 0 Å². The molecule has 5 heteroatoms. The molecule has 2 heterocycles. The Labute approximate surface area is 116 Å². The highest BCUT2D eigenvalue weighted by Crippen LogP contribution is 2.31. The highest BCUT2D eigenvalue weighted by Gasteiger charge is 2.30. The zero-order valence-corrected chi connectivity index (χ0v) is 12.3. The van der Waals surface area contributed by atoms with Crippen LogP contribution in [0.25, 0.3) is 0 Å². The molecule has 1 saturated heterocycles. The van der Waals surface area contributed by atoms with Gasteiger partial charge in [-0.05, 0) is 25.7 Å². The van der Waals surface area contributed by atoms with Gasteiger partial charge >= 0.3 is 0 Å². The van der Waals surface area contributed by atoms with E-state index in [9.17, 15) is 0 Å². The summed E-state index contributed by atoms with van der Waals surface area (Å²) in [7, 11) is 0. The second-order valence-corrected chi connectivity index (χ2v) is 7.04. The van der Waals surface area contributed by atoms with Crippen LogP contribution in [0.2, 0.25) is 0 Å². The van der Waals surface area contributed by atoms with Crippen molar-refractivity contribution in [3.8, 4) is 0 Å². The first-order valence-electron chi connectivity index (χ1n) is 6.65. The van der Waals surface area contributed by atoms with Gasteiger partial charge in [0.1, 0.15) is 0 Å². The Bertz CT molecular complexity index is 441. The average Bonchev–Trinajstić information content (AvgIpc) is 2.82. The molecule has 0 aromatic carbocycles. The maximum atomic E-state index is 4.72. The minimum atomic E-state index is 0.682. The lowest BCUT2D eigenvalue weighted by Crippen LogP contribution is -2.46. The fourth-order valence-corrected chi connectivity index (χ4v) is 4.56. The SMILES string of the molecule is Cc1ncsc1CN=C1NC2CCCCC2CS1. The van der Waals surface area contributed by atoms with E-state index in [0.717, 1.165) is 23.3 Å². The van der Waals surface area contributed by atoms with Crippen LogP contribution in [0.3, 0.4) is 0 Å². The molecule has 0 radical (unpaired) electrons. The number of hydrogen-bond acceptors (Lipinski definition) is 4. The van der Waals surface area contributed by atoms with Crippen LogP contribution < -0.4 is 5.32 Å². The standard InChI is InChI=1S/C13H19N3S2/c1-9-12(18-8-15-9)6-14-13-16-11-5-3-2-4-10(11)7-17-13/h8,10-11H,2-7H2,1H3,(H,14,16). The lowest BCUT2D eigenvalue weighted by Gasteiger charge is -2.36. The minimum Gasteiger partial charge on any atom is -0.362 e. The molecule has 0 bridgehead atoms. The molecule has 1 aliphatic carbocycles. The van der Waals surface area contributed by atoms with Crippen molar-refractivity contribution in [3.05, 3.63) is 16.1 Å². The highest BCUT2D eigenvalue weighted by atomic mass is 32.2. The summed E-state index contributed by atoms with van der Waals surface area (Å²) >= 11 is 3.61. The van der Waals surface area contributed by atoms with Gasteiger partial charge in [-0.2, -0.15) is 0 Å². The van der Waals surface area contributed by atoms with Crippen LogP contribution in [0.4, 0.5) is 0 Å². The Morgan fingerprint density at radius 1 is 1.44 bits per heavy atom. The first-order valence-corrected chi connectivity index (χ1v) is 8.52. The average molecular weight is 281 g/mol. The lowest BCUT2D eigenvalue weighted by molar-refractivity contribution is 0.311. The van der Waals surface area contributed by atoms with E-state index in [4.69, 9.17) is 4.99 Å². The first-order chi connectivity index (χ1) is 8.83. The van der Waals surface area contributed by atoms with Gasteiger partial charge < -0.3 is 5.32 Å². The number of aliphatic imine (C=N–C) groups is 1. The van der Waals surface area contributed by atoms with Gasteiger partial charge in [0.15, 0.2) is 5.17 Å². The summed E-state index contributed by atoms with van der Waals surface area (Å²) in [6.07, 6.45) is 5.51. The number of hydrogen-bond donors (Lipinski definition) is 1. The largest absolute Gasteiger partial charge is 0.362 e. The Morgan fingerprint density at radius 3 is 3.17 bits per heavy atom. The van der Waals surface area contributed by atoms with Crippen LogP contribution in [-0.4, -0.2) is 21.9 Å². The third kappa shape index (κ3) is 2.72. The number of thioether (sulfide) groups is 1. The van der Waals surface area contributed by atoms with E-state index in [1.54, 1.807) is 11.3 Å². The molecule has 3 rings (SSSR count). The highest BCUT2D eigenvalue weighted by molar-refractivity contribution is 8.13. The molecule has 0 spiro atoms. The van der Waals surface area contributed by atoms with E-state index in [0.29, 0.717) is 6.04 Å². The predicted molar refractivity (Wildman–Crippen MR) is 79.3 cm³/mol. The summed E-state index contributed by atoms with van der Waals surface area (Å²) in [6, 6.07) is 0.682. The van der Waals surface area contributed by atoms with Crippen molar-refractivity contribution in [2.75, 3.05) is 5.75 Å². The van der Waals surface area contributed by atoms with E-state index in [2.05, 4.69) is 17.2 Å². The van der Waals surface area contributed by atoms with Crippen molar-refractivity contribution >= 4 is 28.3 Å². The van der Waals surface area contributed by atoms with Gasteiger partial charge in [0, 0.05) is 16.7 Å². The molecule has 2 atom stereocenters. The number of aryl methyl sites for hydroxylation is 1. The van der Waals surface area contributed by atoms with E-state index >= 15 is 0 Å². The Kier molecular flexibility index (Phi) is 3.89. The Hall–Kier alpha value is -0.550. The van der Waals surface area contributed by atoms with Crippen molar-refractivity contribution in [1.29, 1.82) is 0 Å². The quantitative estimate of drug-likeness (QED) is 0.904. The van der Waals surface area contributed by atoms with E-state index < -0.39 is 0 Å². The fourth-order valence-electron chi connectivity index (χ4n) is 2.70. The Morgan fingerprint density at radius 2 is 2.33 bits per heavy atom. The molecule has 1 aromatic heterocycles. The zero-order valence-electron chi connectivity index (χ0n) is 10.7. The van der Waals surface area contributed by atoms with E-state index in [1.165, 1.54) is 36.3 Å². The maximum absolute atomic E-state index is 4.72. The smallest absolute Gasteiger partial charge is 0.157 e. The summed E-state index contributed by atoms with van der Waals surface area (Å²) in [5, 5.41) is 4.78. The van der Waals surface area contributed by atoms with Crippen LogP contribution in [-0.2, 0) is 6.54 Å². The Balaban J connectivity index is 1.61. The molecular formula is C13H19N3S2. The third-order valence-corrected chi connectivity index (χ3v) is 5.90. The number of aromatic nitrogens is 1. The molecule has 3 nitrogen and oxygen atoms in total. The topological polar surface area (TPSA) is 37.3 Å². The lowest BCUT2D eigenvalue weighted by atomic mass is 9.86. The van der Waals surface area contributed by atoms with Crippen molar-refractivity contribution in [2.45, 2.75) is 45.2 Å². The first kappa shape index (κ1) is 12.5. The predicted octanol–water partition coefficient (Wildman–Crippen LogP) is 3.20. The van der Waals surface area contributed by atoms with Crippen molar-refractivity contribution < 1.29 is 0 Å². The maximum Gasteiger partial charge on any atom is 0.157 e. The molecule has 1 aliphatic heterocycles. The molecule has 98 valence electrons. The zero-order chi connectivity index (χ0) is 12.4.